The van der Waals surface area contributed by atoms with Gasteiger partial charge in [0.25, 0.3) is 11.7 Å². The number of nitrogens with zero attached hydrogens (tertiary/aromatic N) is 1. The summed E-state index contributed by atoms with van der Waals surface area (Å²) in [5, 5.41) is 0.547. The first-order chi connectivity index (χ1) is 11.6. The molecule has 0 saturated carbocycles. The maximum absolute atomic E-state index is 13.3. The molecule has 4 nitrogen and oxygen atoms in total. The second-order valence-corrected chi connectivity index (χ2v) is 5.53. The highest BCUT2D eigenvalue weighted by Gasteiger charge is 2.24. The topological polar surface area (TPSA) is 53.2 Å². The van der Waals surface area contributed by atoms with Crippen LogP contribution in [0.15, 0.2) is 54.7 Å². The molecule has 0 atom stereocenters. The molecule has 3 aromatic rings. The third kappa shape index (κ3) is 3.06. The molecule has 3 rings (SSSR count). The van der Waals surface area contributed by atoms with Gasteiger partial charge in [0.15, 0.2) is 0 Å². The smallest absolute Gasteiger partial charge is 0.295 e. The van der Waals surface area contributed by atoms with E-state index in [1.54, 1.807) is 0 Å². The van der Waals surface area contributed by atoms with Crippen LogP contribution in [-0.2, 0) is 11.3 Å². The number of Topliss-reactive ketones (excluding diaryl/α,β-unsaturated/α-hetero) is 1. The van der Waals surface area contributed by atoms with E-state index in [1.165, 1.54) is 29.3 Å². The number of carbonyl (C=O) groups is 2. The highest BCUT2D eigenvalue weighted by molar-refractivity contribution is 6.44. The Labute approximate surface area is 138 Å². The van der Waals surface area contributed by atoms with Crippen LogP contribution in [0.2, 0.25) is 0 Å². The second kappa shape index (κ2) is 6.66. The first-order valence-electron chi connectivity index (χ1n) is 7.74. The normalized spacial score (nSPS) is 10.8. The summed E-state index contributed by atoms with van der Waals surface area (Å²) in [7, 11) is 0. The van der Waals surface area contributed by atoms with Crippen LogP contribution in [0.25, 0.3) is 10.9 Å². The Bertz CT molecular complexity index is 887. The molecule has 0 fully saturated rings. The fourth-order valence-corrected chi connectivity index (χ4v) is 2.68. The van der Waals surface area contributed by atoms with E-state index in [1.807, 2.05) is 37.3 Å². The molecular formula is C19H17FN2O2. The maximum Gasteiger partial charge on any atom is 0.295 e. The Kier molecular flexibility index (Phi) is 4.42. The Morgan fingerprint density at radius 1 is 1.12 bits per heavy atom. The average Bonchev–Trinajstić information content (AvgIpc) is 3.02. The van der Waals surface area contributed by atoms with Crippen molar-refractivity contribution in [1.82, 2.24) is 9.88 Å². The van der Waals surface area contributed by atoms with Gasteiger partial charge in [0.1, 0.15) is 5.82 Å². The van der Waals surface area contributed by atoms with Crippen molar-refractivity contribution in [2.75, 3.05) is 6.54 Å². The van der Waals surface area contributed by atoms with Gasteiger partial charge in [0, 0.05) is 30.2 Å². The SMILES string of the molecule is CCN(Cc1ccccc1)C(=O)C(=O)c1c[nH]c2cc(F)ccc12. The summed E-state index contributed by atoms with van der Waals surface area (Å²) >= 11 is 0. The number of likely N-dealkylation sites (N-methyl/N-ethyl adjacent to an activating group) is 1. The van der Waals surface area contributed by atoms with Gasteiger partial charge in [-0.2, -0.15) is 0 Å². The quantitative estimate of drug-likeness (QED) is 0.576. The van der Waals surface area contributed by atoms with E-state index in [9.17, 15) is 14.0 Å². The zero-order valence-corrected chi connectivity index (χ0v) is 13.3. The molecular weight excluding hydrogens is 307 g/mol. The van der Waals surface area contributed by atoms with Crippen LogP contribution in [0, 0.1) is 5.82 Å². The molecule has 1 N–H and O–H groups in total. The molecule has 0 unspecified atom stereocenters. The Morgan fingerprint density at radius 2 is 1.88 bits per heavy atom. The Balaban J connectivity index is 1.85. The van der Waals surface area contributed by atoms with Crippen LogP contribution in [0.3, 0.4) is 0 Å². The predicted molar refractivity (Wildman–Crippen MR) is 90.1 cm³/mol. The van der Waals surface area contributed by atoms with Crippen LogP contribution in [-0.4, -0.2) is 28.1 Å². The van der Waals surface area contributed by atoms with Crippen molar-refractivity contribution >= 4 is 22.6 Å². The van der Waals surface area contributed by atoms with Crippen molar-refractivity contribution < 1.29 is 14.0 Å². The summed E-state index contributed by atoms with van der Waals surface area (Å²) in [6, 6.07) is 13.6. The highest BCUT2D eigenvalue weighted by Crippen LogP contribution is 2.20. The molecule has 1 amide bonds. The maximum atomic E-state index is 13.3. The van der Waals surface area contributed by atoms with Gasteiger partial charge in [0.2, 0.25) is 0 Å². The summed E-state index contributed by atoms with van der Waals surface area (Å²) in [4.78, 5) is 29.5. The summed E-state index contributed by atoms with van der Waals surface area (Å²) < 4.78 is 13.3. The lowest BCUT2D eigenvalue weighted by molar-refractivity contribution is -0.126. The van der Waals surface area contributed by atoms with Gasteiger partial charge >= 0.3 is 0 Å². The first-order valence-corrected chi connectivity index (χ1v) is 7.74. The van der Waals surface area contributed by atoms with Crippen LogP contribution in [0.4, 0.5) is 4.39 Å². The summed E-state index contributed by atoms with van der Waals surface area (Å²) in [5.41, 5.74) is 1.72. The van der Waals surface area contributed by atoms with Crippen LogP contribution < -0.4 is 0 Å². The fourth-order valence-electron chi connectivity index (χ4n) is 2.68. The number of aromatic nitrogens is 1. The van der Waals surface area contributed by atoms with E-state index in [2.05, 4.69) is 4.98 Å². The molecule has 0 saturated heterocycles. The Morgan fingerprint density at radius 3 is 2.58 bits per heavy atom. The van der Waals surface area contributed by atoms with Crippen LogP contribution in [0.5, 0.6) is 0 Å². The van der Waals surface area contributed by atoms with Crippen molar-refractivity contribution in [3.8, 4) is 0 Å². The number of amides is 1. The van der Waals surface area contributed by atoms with Crippen LogP contribution >= 0.6 is 0 Å². The molecule has 0 bridgehead atoms. The van der Waals surface area contributed by atoms with E-state index in [0.717, 1.165) is 5.56 Å². The third-order valence-corrected chi connectivity index (χ3v) is 3.97. The highest BCUT2D eigenvalue weighted by atomic mass is 19.1. The molecule has 122 valence electrons. The number of halogens is 1. The molecule has 0 aliphatic carbocycles. The van der Waals surface area contributed by atoms with Gasteiger partial charge in [-0.3, -0.25) is 9.59 Å². The number of carbonyl (C=O) groups excluding carboxylic acids is 2. The zero-order chi connectivity index (χ0) is 17.1. The summed E-state index contributed by atoms with van der Waals surface area (Å²) in [6.45, 7) is 2.63. The van der Waals surface area contributed by atoms with Crippen molar-refractivity contribution in [3.05, 3.63) is 71.7 Å². The lowest BCUT2D eigenvalue weighted by Crippen LogP contribution is -2.35. The minimum Gasteiger partial charge on any atom is -0.360 e. The van der Waals surface area contributed by atoms with Crippen molar-refractivity contribution in [2.24, 2.45) is 0 Å². The lowest BCUT2D eigenvalue weighted by Gasteiger charge is -2.20. The number of hydrogen-bond donors (Lipinski definition) is 1. The van der Waals surface area contributed by atoms with Gasteiger partial charge in [-0.25, -0.2) is 4.39 Å². The number of ketones is 1. The molecule has 24 heavy (non-hydrogen) atoms. The number of benzene rings is 2. The van der Waals surface area contributed by atoms with Gasteiger partial charge in [-0.1, -0.05) is 30.3 Å². The van der Waals surface area contributed by atoms with Gasteiger partial charge in [0.05, 0.1) is 5.56 Å². The Hall–Kier alpha value is -2.95. The number of nitrogens with one attached hydrogen (secondary N) is 1. The third-order valence-electron chi connectivity index (χ3n) is 3.97. The molecule has 0 aliphatic rings. The molecule has 0 spiro atoms. The summed E-state index contributed by atoms with van der Waals surface area (Å²) in [5.74, 6) is -1.55. The number of hydrogen-bond acceptors (Lipinski definition) is 2. The van der Waals surface area contributed by atoms with E-state index in [-0.39, 0.29) is 5.56 Å². The number of fused-ring (bicyclic) bond motifs is 1. The fraction of sp³-hybridized carbons (Fsp3) is 0.158. The predicted octanol–water partition coefficient (Wildman–Crippen LogP) is 3.54. The van der Waals surface area contributed by atoms with E-state index < -0.39 is 17.5 Å². The van der Waals surface area contributed by atoms with E-state index in [4.69, 9.17) is 0 Å². The minimum absolute atomic E-state index is 0.265. The zero-order valence-electron chi connectivity index (χ0n) is 13.3. The molecule has 0 radical (unpaired) electrons. The largest absolute Gasteiger partial charge is 0.360 e. The standard InChI is InChI=1S/C19H17FN2O2/c1-2-22(12-13-6-4-3-5-7-13)19(24)18(23)16-11-21-17-10-14(20)8-9-15(16)17/h3-11,21H,2,12H2,1H3. The summed E-state index contributed by atoms with van der Waals surface area (Å²) in [6.07, 6.45) is 1.46. The minimum atomic E-state index is -0.592. The average molecular weight is 324 g/mol. The monoisotopic (exact) mass is 324 g/mol. The van der Waals surface area contributed by atoms with E-state index in [0.29, 0.717) is 24.0 Å². The lowest BCUT2D eigenvalue weighted by atomic mass is 10.1. The molecule has 1 heterocycles. The van der Waals surface area contributed by atoms with Crippen LogP contribution in [0.1, 0.15) is 22.8 Å². The molecule has 1 aromatic heterocycles. The van der Waals surface area contributed by atoms with Gasteiger partial charge < -0.3 is 9.88 Å². The van der Waals surface area contributed by atoms with E-state index >= 15 is 0 Å². The number of H-pyrrole nitrogens is 1. The molecule has 5 heteroatoms. The first kappa shape index (κ1) is 15.9. The van der Waals surface area contributed by atoms with Crippen molar-refractivity contribution in [2.45, 2.75) is 13.5 Å². The molecule has 2 aromatic carbocycles. The van der Waals surface area contributed by atoms with Crippen molar-refractivity contribution in [3.63, 3.8) is 0 Å². The van der Waals surface area contributed by atoms with Gasteiger partial charge in [-0.05, 0) is 30.7 Å². The molecule has 0 aliphatic heterocycles. The number of aromatic amines is 1. The van der Waals surface area contributed by atoms with Gasteiger partial charge in [-0.15, -0.1) is 0 Å². The number of rotatable bonds is 5. The van der Waals surface area contributed by atoms with Crippen molar-refractivity contribution in [1.29, 1.82) is 0 Å². The second-order valence-electron chi connectivity index (χ2n) is 5.53.